The van der Waals surface area contributed by atoms with Crippen molar-refractivity contribution in [2.75, 3.05) is 19.6 Å². The highest BCUT2D eigenvalue weighted by molar-refractivity contribution is 5.97. The van der Waals surface area contributed by atoms with E-state index < -0.39 is 5.97 Å². The molecule has 0 aromatic heterocycles. The lowest BCUT2D eigenvalue weighted by molar-refractivity contribution is -0.137. The van der Waals surface area contributed by atoms with Gasteiger partial charge >= 0.3 is 5.97 Å². The zero-order valence-corrected chi connectivity index (χ0v) is 10.9. The standard InChI is InChI=1S/C13H19N3O3/c14-9-11(10-15-6-4-5-12(17)18)13(19)16-7-2-1-3-8-16/h10,15H,1-8H2,(H,17,18)/b11-10-. The van der Waals surface area contributed by atoms with Crippen LogP contribution in [0.15, 0.2) is 11.8 Å². The number of amides is 1. The molecule has 1 heterocycles. The molecule has 6 heteroatoms. The number of piperidine rings is 1. The van der Waals surface area contributed by atoms with Gasteiger partial charge in [-0.1, -0.05) is 0 Å². The molecule has 1 aliphatic rings. The van der Waals surface area contributed by atoms with Crippen LogP contribution in [-0.4, -0.2) is 41.5 Å². The van der Waals surface area contributed by atoms with Crippen LogP contribution in [0, 0.1) is 11.3 Å². The van der Waals surface area contributed by atoms with Crippen LogP contribution in [0.3, 0.4) is 0 Å². The lowest BCUT2D eigenvalue weighted by Gasteiger charge is -2.26. The van der Waals surface area contributed by atoms with Crippen molar-refractivity contribution in [2.24, 2.45) is 0 Å². The van der Waals surface area contributed by atoms with Gasteiger partial charge in [0.1, 0.15) is 11.6 Å². The van der Waals surface area contributed by atoms with E-state index in [1.807, 2.05) is 6.07 Å². The highest BCUT2D eigenvalue weighted by atomic mass is 16.4. The molecule has 0 spiro atoms. The van der Waals surface area contributed by atoms with Crippen molar-refractivity contribution >= 4 is 11.9 Å². The van der Waals surface area contributed by atoms with E-state index in [0.29, 0.717) is 26.1 Å². The van der Waals surface area contributed by atoms with E-state index in [-0.39, 0.29) is 17.9 Å². The summed E-state index contributed by atoms with van der Waals surface area (Å²) in [6.45, 7) is 1.85. The van der Waals surface area contributed by atoms with Crippen molar-refractivity contribution in [2.45, 2.75) is 32.1 Å². The summed E-state index contributed by atoms with van der Waals surface area (Å²) in [4.78, 5) is 24.0. The van der Waals surface area contributed by atoms with Gasteiger partial charge in [-0.3, -0.25) is 9.59 Å². The predicted molar refractivity (Wildman–Crippen MR) is 69.0 cm³/mol. The van der Waals surface area contributed by atoms with Crippen LogP contribution in [-0.2, 0) is 9.59 Å². The summed E-state index contributed by atoms with van der Waals surface area (Å²) in [5.74, 6) is -1.09. The van der Waals surface area contributed by atoms with Gasteiger partial charge in [-0.25, -0.2) is 0 Å². The quantitative estimate of drug-likeness (QED) is 0.422. The molecule has 1 fully saturated rings. The van der Waals surface area contributed by atoms with Gasteiger partial charge in [0, 0.05) is 32.3 Å². The first-order valence-electron chi connectivity index (χ1n) is 6.50. The summed E-state index contributed by atoms with van der Waals surface area (Å²) in [5.41, 5.74) is 0.0808. The molecule has 0 saturated carbocycles. The minimum atomic E-state index is -0.851. The summed E-state index contributed by atoms with van der Waals surface area (Å²) in [6, 6.07) is 1.89. The molecule has 1 amide bonds. The Morgan fingerprint density at radius 3 is 2.58 bits per heavy atom. The number of rotatable bonds is 6. The third kappa shape index (κ3) is 5.42. The van der Waals surface area contributed by atoms with E-state index in [1.54, 1.807) is 4.90 Å². The van der Waals surface area contributed by atoms with Gasteiger partial charge in [0.15, 0.2) is 0 Å². The molecular weight excluding hydrogens is 246 g/mol. The van der Waals surface area contributed by atoms with Crippen molar-refractivity contribution < 1.29 is 14.7 Å². The normalized spacial score (nSPS) is 15.7. The molecule has 0 aromatic carbocycles. The Morgan fingerprint density at radius 1 is 1.32 bits per heavy atom. The smallest absolute Gasteiger partial charge is 0.303 e. The van der Waals surface area contributed by atoms with Crippen molar-refractivity contribution in [1.82, 2.24) is 10.2 Å². The highest BCUT2D eigenvalue weighted by Crippen LogP contribution is 2.11. The molecule has 0 aliphatic carbocycles. The Kier molecular flexibility index (Phi) is 6.44. The largest absolute Gasteiger partial charge is 0.481 e. The van der Waals surface area contributed by atoms with Gasteiger partial charge in [0.2, 0.25) is 0 Å². The lowest BCUT2D eigenvalue weighted by Crippen LogP contribution is -2.36. The van der Waals surface area contributed by atoms with Crippen molar-refractivity contribution in [1.29, 1.82) is 5.26 Å². The number of carbonyl (C=O) groups is 2. The first-order valence-corrected chi connectivity index (χ1v) is 6.50. The highest BCUT2D eigenvalue weighted by Gasteiger charge is 2.19. The molecule has 0 aromatic rings. The fourth-order valence-corrected chi connectivity index (χ4v) is 1.93. The molecule has 0 unspecified atom stereocenters. The number of nitrogens with one attached hydrogen (secondary N) is 1. The second-order valence-corrected chi connectivity index (χ2v) is 4.47. The minimum Gasteiger partial charge on any atom is -0.481 e. The van der Waals surface area contributed by atoms with Crippen LogP contribution < -0.4 is 5.32 Å². The van der Waals surface area contributed by atoms with Crippen LogP contribution in [0.4, 0.5) is 0 Å². The van der Waals surface area contributed by atoms with Crippen molar-refractivity contribution in [3.63, 3.8) is 0 Å². The van der Waals surface area contributed by atoms with Crippen LogP contribution in [0.2, 0.25) is 0 Å². The summed E-state index contributed by atoms with van der Waals surface area (Å²) in [7, 11) is 0. The van der Waals surface area contributed by atoms with E-state index in [4.69, 9.17) is 10.4 Å². The maximum atomic E-state index is 12.0. The Bertz CT molecular complexity index is 392. The number of carboxylic acids is 1. The molecule has 19 heavy (non-hydrogen) atoms. The summed E-state index contributed by atoms with van der Waals surface area (Å²) >= 11 is 0. The van der Waals surface area contributed by atoms with Crippen LogP contribution in [0.25, 0.3) is 0 Å². The van der Waals surface area contributed by atoms with E-state index in [2.05, 4.69) is 5.32 Å². The third-order valence-corrected chi connectivity index (χ3v) is 2.95. The monoisotopic (exact) mass is 265 g/mol. The topological polar surface area (TPSA) is 93.4 Å². The van der Waals surface area contributed by atoms with Crippen molar-refractivity contribution in [3.05, 3.63) is 11.8 Å². The van der Waals surface area contributed by atoms with Crippen LogP contribution in [0.1, 0.15) is 32.1 Å². The molecule has 0 bridgehead atoms. The molecular formula is C13H19N3O3. The molecule has 1 rings (SSSR count). The number of nitriles is 1. The Hall–Kier alpha value is -2.03. The summed E-state index contributed by atoms with van der Waals surface area (Å²) in [6.07, 6.45) is 5.01. The molecule has 0 atom stereocenters. The number of aliphatic carboxylic acids is 1. The number of carboxylic acid groups (broad SMARTS) is 1. The average molecular weight is 265 g/mol. The van der Waals surface area contributed by atoms with Gasteiger partial charge in [-0.2, -0.15) is 5.26 Å². The van der Waals surface area contributed by atoms with E-state index in [0.717, 1.165) is 19.3 Å². The van der Waals surface area contributed by atoms with E-state index >= 15 is 0 Å². The maximum absolute atomic E-state index is 12.0. The first kappa shape index (κ1) is 15.0. The first-order chi connectivity index (χ1) is 9.15. The van der Waals surface area contributed by atoms with Crippen molar-refractivity contribution in [3.8, 4) is 6.07 Å². The lowest BCUT2D eigenvalue weighted by atomic mass is 10.1. The summed E-state index contributed by atoms with van der Waals surface area (Å²) in [5, 5.41) is 20.3. The second kappa shape index (κ2) is 8.14. The molecule has 104 valence electrons. The SMILES string of the molecule is N#C/C(=C/NCCCC(=O)O)C(=O)N1CCCCC1. The van der Waals surface area contributed by atoms with E-state index in [9.17, 15) is 9.59 Å². The molecule has 0 radical (unpaired) electrons. The number of hydrogen-bond donors (Lipinski definition) is 2. The Morgan fingerprint density at radius 2 is 2.00 bits per heavy atom. The molecule has 2 N–H and O–H groups in total. The fourth-order valence-electron chi connectivity index (χ4n) is 1.93. The third-order valence-electron chi connectivity index (χ3n) is 2.95. The molecule has 1 saturated heterocycles. The zero-order valence-electron chi connectivity index (χ0n) is 10.9. The van der Waals surface area contributed by atoms with Crippen LogP contribution >= 0.6 is 0 Å². The summed E-state index contributed by atoms with van der Waals surface area (Å²) < 4.78 is 0. The fraction of sp³-hybridized carbons (Fsp3) is 0.615. The Balaban J connectivity index is 2.40. The number of hydrogen-bond acceptors (Lipinski definition) is 4. The Labute approximate surface area is 112 Å². The second-order valence-electron chi connectivity index (χ2n) is 4.47. The number of likely N-dealkylation sites (tertiary alicyclic amines) is 1. The van der Waals surface area contributed by atoms with Gasteiger partial charge in [-0.15, -0.1) is 0 Å². The number of carbonyl (C=O) groups excluding carboxylic acids is 1. The minimum absolute atomic E-state index is 0.0722. The maximum Gasteiger partial charge on any atom is 0.303 e. The van der Waals surface area contributed by atoms with E-state index in [1.165, 1.54) is 6.20 Å². The van der Waals surface area contributed by atoms with Gasteiger partial charge in [0.05, 0.1) is 0 Å². The molecule has 1 aliphatic heterocycles. The molecule has 6 nitrogen and oxygen atoms in total. The van der Waals surface area contributed by atoms with Gasteiger partial charge in [-0.05, 0) is 25.7 Å². The number of nitrogens with zero attached hydrogens (tertiary/aromatic N) is 2. The predicted octanol–water partition coefficient (Wildman–Crippen LogP) is 0.861. The average Bonchev–Trinajstić information content (AvgIpc) is 2.43. The van der Waals surface area contributed by atoms with Gasteiger partial charge < -0.3 is 15.3 Å². The zero-order chi connectivity index (χ0) is 14.1. The van der Waals surface area contributed by atoms with Crippen LogP contribution in [0.5, 0.6) is 0 Å². The van der Waals surface area contributed by atoms with Gasteiger partial charge in [0.25, 0.3) is 5.91 Å².